The van der Waals surface area contributed by atoms with Crippen LogP contribution in [-0.2, 0) is 4.79 Å². The average molecular weight is 344 g/mol. The molecule has 0 radical (unpaired) electrons. The first kappa shape index (κ1) is 19.7. The first-order valence-corrected chi connectivity index (χ1v) is 9.70. The van der Waals surface area contributed by atoms with Crippen molar-refractivity contribution in [3.8, 4) is 0 Å². The van der Waals surface area contributed by atoms with Gasteiger partial charge in [-0.15, -0.1) is 0 Å². The second-order valence-corrected chi connectivity index (χ2v) is 7.60. The van der Waals surface area contributed by atoms with Crippen LogP contribution in [-0.4, -0.2) is 28.4 Å². The molecule has 0 spiro atoms. The van der Waals surface area contributed by atoms with Crippen LogP contribution in [0, 0.1) is 12.8 Å². The molecule has 1 aromatic rings. The summed E-state index contributed by atoms with van der Waals surface area (Å²) in [6.45, 7) is 7.02. The molecule has 0 aromatic heterocycles. The van der Waals surface area contributed by atoms with Crippen molar-refractivity contribution < 1.29 is 9.90 Å². The van der Waals surface area contributed by atoms with E-state index in [1.807, 2.05) is 37.4 Å². The maximum absolute atomic E-state index is 12.4. The monoisotopic (exact) mass is 343 g/mol. The van der Waals surface area contributed by atoms with E-state index in [0.29, 0.717) is 12.5 Å². The number of carbonyl (C=O) groups is 1. The lowest BCUT2D eigenvalue weighted by Crippen LogP contribution is -2.28. The number of carbonyl (C=O) groups excluding carboxylic acids is 1. The highest BCUT2D eigenvalue weighted by Gasteiger charge is 2.19. The molecular weight excluding hydrogens is 310 g/mol. The number of hydrogen-bond acceptors (Lipinski definition) is 3. The van der Waals surface area contributed by atoms with E-state index < -0.39 is 6.10 Å². The maximum atomic E-state index is 12.4. The molecule has 0 heterocycles. The van der Waals surface area contributed by atoms with Crippen LogP contribution in [0.3, 0.4) is 0 Å². The van der Waals surface area contributed by atoms with Crippen LogP contribution in [0.1, 0.15) is 69.6 Å². The summed E-state index contributed by atoms with van der Waals surface area (Å²) >= 11 is 0. The van der Waals surface area contributed by atoms with E-state index in [4.69, 9.17) is 0 Å². The Morgan fingerprint density at radius 1 is 1.20 bits per heavy atom. The van der Waals surface area contributed by atoms with Crippen molar-refractivity contribution in [3.05, 3.63) is 47.7 Å². The number of hydrogen-bond donors (Lipinski definition) is 1. The first-order chi connectivity index (χ1) is 12.0. The fourth-order valence-corrected chi connectivity index (χ4v) is 3.42. The molecule has 1 fully saturated rings. The zero-order valence-corrected chi connectivity index (χ0v) is 15.9. The van der Waals surface area contributed by atoms with Crippen LogP contribution in [0.15, 0.2) is 36.5 Å². The van der Waals surface area contributed by atoms with Crippen LogP contribution >= 0.6 is 0 Å². The fourth-order valence-electron chi connectivity index (χ4n) is 3.42. The third-order valence-corrected chi connectivity index (χ3v) is 5.22. The first-order valence-electron chi connectivity index (χ1n) is 9.70. The molecule has 3 nitrogen and oxygen atoms in total. The van der Waals surface area contributed by atoms with E-state index in [1.54, 1.807) is 6.08 Å². The highest BCUT2D eigenvalue weighted by Crippen LogP contribution is 2.25. The number of aryl methyl sites for hydroxylation is 1. The zero-order valence-electron chi connectivity index (χ0n) is 15.9. The molecule has 25 heavy (non-hydrogen) atoms. The Balaban J connectivity index is 1.88. The minimum absolute atomic E-state index is 0.220. The van der Waals surface area contributed by atoms with Gasteiger partial charge in [0.05, 0.1) is 6.10 Å². The predicted octanol–water partition coefficient (Wildman–Crippen LogP) is 4.79. The van der Waals surface area contributed by atoms with Crippen LogP contribution in [0.25, 0.3) is 0 Å². The quantitative estimate of drug-likeness (QED) is 0.690. The number of ketones is 1. The van der Waals surface area contributed by atoms with Gasteiger partial charge in [-0.2, -0.15) is 0 Å². The standard InChI is InChI=1S/C22H33NO2/c1-17(2)23(15-13-21(24)19-7-5-4-6-8-19)16-14-22(25)20-11-9-18(3)10-12-20/h9-13,15,17,19,22,25H,4-8,14,16H2,1-3H3/b15-13+. The van der Waals surface area contributed by atoms with Gasteiger partial charge in [0.1, 0.15) is 0 Å². The number of nitrogens with zero attached hydrogens (tertiary/aromatic N) is 1. The summed E-state index contributed by atoms with van der Waals surface area (Å²) in [7, 11) is 0. The Labute approximate surface area is 152 Å². The minimum Gasteiger partial charge on any atom is -0.388 e. The summed E-state index contributed by atoms with van der Waals surface area (Å²) < 4.78 is 0. The molecule has 1 saturated carbocycles. The van der Waals surface area contributed by atoms with E-state index in [9.17, 15) is 9.90 Å². The van der Waals surface area contributed by atoms with Crippen LogP contribution in [0.5, 0.6) is 0 Å². The summed E-state index contributed by atoms with van der Waals surface area (Å²) in [5.74, 6) is 0.488. The fraction of sp³-hybridized carbons (Fsp3) is 0.591. The van der Waals surface area contributed by atoms with Gasteiger partial charge in [-0.1, -0.05) is 49.1 Å². The van der Waals surface area contributed by atoms with Crippen molar-refractivity contribution in [2.24, 2.45) is 5.92 Å². The van der Waals surface area contributed by atoms with Crippen LogP contribution in [0.4, 0.5) is 0 Å². The molecule has 0 amide bonds. The lowest BCUT2D eigenvalue weighted by Gasteiger charge is -2.26. The molecule has 1 aromatic carbocycles. The molecule has 138 valence electrons. The van der Waals surface area contributed by atoms with Crippen LogP contribution < -0.4 is 0 Å². The Kier molecular flexibility index (Phi) is 7.70. The van der Waals surface area contributed by atoms with Crippen molar-refractivity contribution in [2.45, 2.75) is 71.4 Å². The van der Waals surface area contributed by atoms with E-state index in [2.05, 4.69) is 18.7 Å². The van der Waals surface area contributed by atoms with Gasteiger partial charge in [0.2, 0.25) is 0 Å². The lowest BCUT2D eigenvalue weighted by atomic mass is 9.86. The molecule has 0 aliphatic heterocycles. The molecule has 1 unspecified atom stereocenters. The summed E-state index contributed by atoms with van der Waals surface area (Å²) in [4.78, 5) is 14.5. The largest absolute Gasteiger partial charge is 0.388 e. The van der Waals surface area contributed by atoms with E-state index in [-0.39, 0.29) is 11.7 Å². The zero-order chi connectivity index (χ0) is 18.2. The van der Waals surface area contributed by atoms with E-state index >= 15 is 0 Å². The Bertz CT molecular complexity index is 556. The van der Waals surface area contributed by atoms with Gasteiger partial charge in [0.25, 0.3) is 0 Å². The maximum Gasteiger partial charge on any atom is 0.160 e. The number of benzene rings is 1. The molecular formula is C22H33NO2. The minimum atomic E-state index is -0.468. The van der Waals surface area contributed by atoms with Crippen molar-refractivity contribution in [1.82, 2.24) is 4.90 Å². The summed E-state index contributed by atoms with van der Waals surface area (Å²) in [6, 6.07) is 8.34. The Morgan fingerprint density at radius 3 is 2.44 bits per heavy atom. The highest BCUT2D eigenvalue weighted by molar-refractivity contribution is 5.91. The molecule has 0 bridgehead atoms. The summed E-state index contributed by atoms with van der Waals surface area (Å²) in [5, 5.41) is 10.4. The van der Waals surface area contributed by atoms with Gasteiger partial charge in [-0.3, -0.25) is 4.79 Å². The third kappa shape index (κ3) is 6.32. The molecule has 3 heteroatoms. The van der Waals surface area contributed by atoms with Crippen molar-refractivity contribution in [1.29, 1.82) is 0 Å². The second kappa shape index (κ2) is 9.76. The molecule has 1 aliphatic carbocycles. The smallest absolute Gasteiger partial charge is 0.160 e. The summed E-state index contributed by atoms with van der Waals surface area (Å²) in [6.07, 6.45) is 9.59. The normalized spacial score (nSPS) is 17.2. The molecule has 1 atom stereocenters. The van der Waals surface area contributed by atoms with Crippen LogP contribution in [0.2, 0.25) is 0 Å². The highest BCUT2D eigenvalue weighted by atomic mass is 16.3. The number of rotatable bonds is 8. The SMILES string of the molecule is Cc1ccc(C(O)CCN(/C=C/C(=O)C2CCCCC2)C(C)C)cc1. The Morgan fingerprint density at radius 2 is 1.84 bits per heavy atom. The van der Waals surface area contributed by atoms with Crippen molar-refractivity contribution in [3.63, 3.8) is 0 Å². The molecule has 2 rings (SSSR count). The second-order valence-electron chi connectivity index (χ2n) is 7.60. The predicted molar refractivity (Wildman–Crippen MR) is 103 cm³/mol. The van der Waals surface area contributed by atoms with Crippen molar-refractivity contribution >= 4 is 5.78 Å². The summed E-state index contributed by atoms with van der Waals surface area (Å²) in [5.41, 5.74) is 2.15. The van der Waals surface area contributed by atoms with Gasteiger partial charge < -0.3 is 10.0 Å². The van der Waals surface area contributed by atoms with Crippen molar-refractivity contribution in [2.75, 3.05) is 6.54 Å². The Hall–Kier alpha value is -1.61. The number of aliphatic hydroxyl groups excluding tert-OH is 1. The number of allylic oxidation sites excluding steroid dienone is 1. The van der Waals surface area contributed by atoms with Gasteiger partial charge in [0.15, 0.2) is 5.78 Å². The topological polar surface area (TPSA) is 40.5 Å². The number of aliphatic hydroxyl groups is 1. The third-order valence-electron chi connectivity index (χ3n) is 5.22. The van der Waals surface area contributed by atoms with Gasteiger partial charge in [0, 0.05) is 24.7 Å². The van der Waals surface area contributed by atoms with Gasteiger partial charge in [-0.05, 0) is 51.7 Å². The van der Waals surface area contributed by atoms with Gasteiger partial charge >= 0.3 is 0 Å². The lowest BCUT2D eigenvalue weighted by molar-refractivity contribution is -0.119. The van der Waals surface area contributed by atoms with E-state index in [1.165, 1.54) is 24.8 Å². The average Bonchev–Trinajstić information content (AvgIpc) is 2.62. The molecule has 0 saturated heterocycles. The van der Waals surface area contributed by atoms with E-state index in [0.717, 1.165) is 24.9 Å². The van der Waals surface area contributed by atoms with Gasteiger partial charge in [-0.25, -0.2) is 0 Å². The molecule has 1 N–H and O–H groups in total. The molecule has 1 aliphatic rings.